The van der Waals surface area contributed by atoms with E-state index >= 15 is 0 Å². The second-order valence-corrected chi connectivity index (χ2v) is 10.2. The molecule has 0 aliphatic carbocycles. The van der Waals surface area contributed by atoms with Crippen molar-refractivity contribution in [3.63, 3.8) is 0 Å². The zero-order chi connectivity index (χ0) is 28.2. The Labute approximate surface area is 250 Å². The van der Waals surface area contributed by atoms with Gasteiger partial charge in [0.2, 0.25) is 5.76 Å². The summed E-state index contributed by atoms with van der Waals surface area (Å²) in [6, 6.07) is 18.4. The van der Waals surface area contributed by atoms with Gasteiger partial charge in [0.25, 0.3) is 5.91 Å². The fourth-order valence-electron chi connectivity index (χ4n) is 4.28. The van der Waals surface area contributed by atoms with Gasteiger partial charge < -0.3 is 15.3 Å². The molecule has 1 aromatic heterocycles. The van der Waals surface area contributed by atoms with Crippen molar-refractivity contribution in [2.24, 2.45) is 11.1 Å². The van der Waals surface area contributed by atoms with Crippen LogP contribution in [0, 0.1) is 5.92 Å². The third-order valence-corrected chi connectivity index (χ3v) is 7.05. The molecule has 2 aromatic carbocycles. The molecule has 0 spiro atoms. The highest BCUT2D eigenvalue weighted by Crippen LogP contribution is 2.39. The lowest BCUT2D eigenvalue weighted by Crippen LogP contribution is -2.67. The van der Waals surface area contributed by atoms with Gasteiger partial charge >= 0.3 is 5.97 Å². The van der Waals surface area contributed by atoms with Crippen molar-refractivity contribution in [2.75, 3.05) is 12.8 Å². The first kappa shape index (κ1) is 33.2. The van der Waals surface area contributed by atoms with Crippen molar-refractivity contribution >= 4 is 53.3 Å². The Morgan fingerprint density at radius 2 is 1.68 bits per heavy atom. The molecule has 0 radical (unpaired) electrons. The fourth-order valence-corrected chi connectivity index (χ4v) is 4.83. The number of rotatable bonds is 11. The van der Waals surface area contributed by atoms with E-state index < -0.39 is 35.1 Å². The van der Waals surface area contributed by atoms with E-state index in [1.165, 1.54) is 17.6 Å². The summed E-state index contributed by atoms with van der Waals surface area (Å²) in [6.45, 7) is 7.21. The number of nitrogen functional groups attached to an aromatic ring is 1. The summed E-state index contributed by atoms with van der Waals surface area (Å²) in [7, 11) is 1.39. The highest BCUT2D eigenvalue weighted by molar-refractivity contribution is 7.59. The SMILES string of the molecule is C.C=C(O/N=C(\C(=O)C[C@@H]1C(=O)N(OC)C1(C)C)c1csc(N)n1)C(=O)OC(c1ccccc1)c1ccccc1.S. The van der Waals surface area contributed by atoms with Crippen LogP contribution >= 0.6 is 24.8 Å². The third-order valence-electron chi connectivity index (χ3n) is 6.38. The number of hydroxylamine groups is 2. The number of nitrogens with two attached hydrogens (primary N) is 1. The lowest BCUT2D eigenvalue weighted by Gasteiger charge is -2.51. The second kappa shape index (κ2) is 14.1. The van der Waals surface area contributed by atoms with Crippen LogP contribution in [0.5, 0.6) is 0 Å². The van der Waals surface area contributed by atoms with Crippen molar-refractivity contribution in [3.05, 3.63) is 95.2 Å². The third kappa shape index (κ3) is 7.20. The minimum absolute atomic E-state index is 0. The molecule has 2 N–H and O–H groups in total. The van der Waals surface area contributed by atoms with Gasteiger partial charge in [-0.3, -0.25) is 14.4 Å². The fraction of sp³-hybridized carbons (Fsp3) is 0.276. The number of hydrogen-bond donors (Lipinski definition) is 1. The number of Topliss-reactive ketones (excluding diaryl/α,β-unsaturated/α-hetero) is 1. The molecule has 0 saturated carbocycles. The van der Waals surface area contributed by atoms with Crippen LogP contribution in [0.4, 0.5) is 5.13 Å². The number of benzene rings is 2. The van der Waals surface area contributed by atoms with Crippen LogP contribution in [0.15, 0.2) is 83.5 Å². The number of hydrogen-bond acceptors (Lipinski definition) is 10. The van der Waals surface area contributed by atoms with Crippen LogP contribution < -0.4 is 5.73 Å². The average molecular weight is 599 g/mol. The van der Waals surface area contributed by atoms with Gasteiger partial charge in [-0.25, -0.2) is 14.8 Å². The maximum atomic E-state index is 13.3. The van der Waals surface area contributed by atoms with E-state index in [2.05, 4.69) is 16.7 Å². The number of aromatic nitrogens is 1. The normalized spacial score (nSPS) is 15.7. The molecule has 1 fully saturated rings. The minimum Gasteiger partial charge on any atom is -0.447 e. The lowest BCUT2D eigenvalue weighted by molar-refractivity contribution is -0.255. The number of carbonyl (C=O) groups is 3. The number of anilines is 1. The molecular weight excluding hydrogens is 564 g/mol. The first-order valence-electron chi connectivity index (χ1n) is 12.0. The number of oxime groups is 1. The summed E-state index contributed by atoms with van der Waals surface area (Å²) in [5.74, 6) is -2.79. The summed E-state index contributed by atoms with van der Waals surface area (Å²) in [5, 5.41) is 6.86. The number of ether oxygens (including phenoxy) is 1. The smallest absolute Gasteiger partial charge is 0.377 e. The van der Waals surface area contributed by atoms with Crippen LogP contribution in [0.1, 0.15) is 50.6 Å². The lowest BCUT2D eigenvalue weighted by atomic mass is 9.74. The van der Waals surface area contributed by atoms with Crippen molar-refractivity contribution in [1.29, 1.82) is 0 Å². The zero-order valence-corrected chi connectivity index (χ0v) is 24.0. The molecule has 1 aliphatic rings. The van der Waals surface area contributed by atoms with E-state index in [9.17, 15) is 14.4 Å². The van der Waals surface area contributed by atoms with Gasteiger partial charge in [-0.05, 0) is 31.6 Å². The standard InChI is InChI=1S/C28H28N4O6S.CH4.H2S/c1-17(26(35)37-24(18-11-7-5-8-12-18)19-13-9-6-10-14-19)38-31-23(21-16-39-27(29)30-21)22(33)15-20-25(34)32(36-4)28(20,2)3;;/h5-14,16,20,24H,1,15H2,2-4H3,(H2,29,30);1H4;1H2/b31-23-;;/t20-;;/m1../s1. The van der Waals surface area contributed by atoms with Gasteiger partial charge in [0, 0.05) is 11.8 Å². The van der Waals surface area contributed by atoms with Gasteiger partial charge in [0.15, 0.2) is 22.7 Å². The highest BCUT2D eigenvalue weighted by Gasteiger charge is 2.55. The molecule has 218 valence electrons. The van der Waals surface area contributed by atoms with Gasteiger partial charge in [-0.1, -0.05) is 73.2 Å². The molecule has 1 saturated heterocycles. The van der Waals surface area contributed by atoms with E-state index in [0.717, 1.165) is 22.5 Å². The van der Waals surface area contributed by atoms with Crippen LogP contribution in [0.25, 0.3) is 0 Å². The van der Waals surface area contributed by atoms with Crippen LogP contribution in [0.2, 0.25) is 0 Å². The number of β-lactam (4-membered cyclic amide) rings is 1. The number of nitrogens with zero attached hydrogens (tertiary/aromatic N) is 3. The summed E-state index contributed by atoms with van der Waals surface area (Å²) in [6.07, 6.45) is -0.897. The Hall–Kier alpha value is -4.00. The zero-order valence-electron chi connectivity index (χ0n) is 22.2. The summed E-state index contributed by atoms with van der Waals surface area (Å²) in [4.78, 5) is 53.2. The number of ketones is 1. The summed E-state index contributed by atoms with van der Waals surface area (Å²) < 4.78 is 5.73. The summed E-state index contributed by atoms with van der Waals surface area (Å²) in [5.41, 5.74) is 6.52. The summed E-state index contributed by atoms with van der Waals surface area (Å²) >= 11 is 1.11. The maximum absolute atomic E-state index is 13.3. The van der Waals surface area contributed by atoms with Crippen molar-refractivity contribution in [3.8, 4) is 0 Å². The van der Waals surface area contributed by atoms with Crippen molar-refractivity contribution in [1.82, 2.24) is 10.0 Å². The number of esters is 1. The molecule has 10 nitrogen and oxygen atoms in total. The van der Waals surface area contributed by atoms with E-state index in [1.54, 1.807) is 13.8 Å². The molecule has 4 rings (SSSR count). The quantitative estimate of drug-likeness (QED) is 0.0831. The topological polar surface area (TPSA) is 133 Å². The second-order valence-electron chi connectivity index (χ2n) is 9.28. The Kier molecular flexibility index (Phi) is 11.4. The minimum atomic E-state index is -0.868. The molecule has 1 amide bonds. The van der Waals surface area contributed by atoms with Crippen molar-refractivity contribution < 1.29 is 28.8 Å². The number of thiazole rings is 1. The van der Waals surface area contributed by atoms with E-state index in [-0.39, 0.29) is 49.8 Å². The molecule has 41 heavy (non-hydrogen) atoms. The van der Waals surface area contributed by atoms with Gasteiger partial charge in [0.1, 0.15) is 5.69 Å². The van der Waals surface area contributed by atoms with Gasteiger partial charge in [0.05, 0.1) is 18.6 Å². The van der Waals surface area contributed by atoms with Gasteiger partial charge in [-0.15, -0.1) is 11.3 Å². The first-order chi connectivity index (χ1) is 18.6. The molecule has 3 aromatic rings. The monoisotopic (exact) mass is 598 g/mol. The number of carbonyl (C=O) groups excluding carboxylic acids is 3. The van der Waals surface area contributed by atoms with E-state index in [1.807, 2.05) is 60.7 Å². The molecule has 1 aliphatic heterocycles. The highest BCUT2D eigenvalue weighted by atomic mass is 32.1. The van der Waals surface area contributed by atoms with E-state index in [4.69, 9.17) is 20.1 Å². The Morgan fingerprint density at radius 3 is 2.15 bits per heavy atom. The Bertz CT molecular complexity index is 1370. The molecule has 0 unspecified atom stereocenters. The number of amides is 1. The molecular formula is C29H34N4O6S2. The first-order valence-corrected chi connectivity index (χ1v) is 12.9. The van der Waals surface area contributed by atoms with Crippen molar-refractivity contribution in [2.45, 2.75) is 39.3 Å². The predicted molar refractivity (Wildman–Crippen MR) is 162 cm³/mol. The van der Waals surface area contributed by atoms with Gasteiger partial charge in [-0.2, -0.15) is 13.5 Å². The Morgan fingerprint density at radius 1 is 1.12 bits per heavy atom. The maximum Gasteiger partial charge on any atom is 0.377 e. The van der Waals surface area contributed by atoms with Crippen LogP contribution in [-0.4, -0.2) is 46.1 Å². The van der Waals surface area contributed by atoms with E-state index in [0.29, 0.717) is 0 Å². The average Bonchev–Trinajstić information content (AvgIpc) is 3.36. The van der Waals surface area contributed by atoms with Crippen LogP contribution in [-0.2, 0) is 28.8 Å². The molecule has 1 atom stereocenters. The Balaban J connectivity index is 0.00000294. The molecule has 12 heteroatoms. The molecule has 2 heterocycles. The molecule has 0 bridgehead atoms. The van der Waals surface area contributed by atoms with Crippen LogP contribution in [0.3, 0.4) is 0 Å². The largest absolute Gasteiger partial charge is 0.447 e. The predicted octanol–water partition coefficient (Wildman–Crippen LogP) is 4.80.